The highest BCUT2D eigenvalue weighted by atomic mass is 16.4. The molecular weight excluding hydrogens is 208 g/mol. The van der Waals surface area contributed by atoms with Gasteiger partial charge in [-0.25, -0.2) is 4.79 Å². The van der Waals surface area contributed by atoms with Gasteiger partial charge in [-0.3, -0.25) is 9.78 Å². The van der Waals surface area contributed by atoms with Gasteiger partial charge in [-0.15, -0.1) is 0 Å². The lowest BCUT2D eigenvalue weighted by molar-refractivity contribution is 0.101. The van der Waals surface area contributed by atoms with E-state index < -0.39 is 5.76 Å². The van der Waals surface area contributed by atoms with Crippen LogP contribution in [0.15, 0.2) is 27.5 Å². The molecule has 0 spiro atoms. The largest absolute Gasteiger partial charge is 0.417 e. The molecular formula is C11H8N2O3. The highest BCUT2D eigenvalue weighted by molar-refractivity contribution is 6.14. The first-order valence-corrected chi connectivity index (χ1v) is 4.80. The lowest BCUT2D eigenvalue weighted by Gasteiger charge is -1.93. The van der Waals surface area contributed by atoms with Gasteiger partial charge in [-0.1, -0.05) is 0 Å². The van der Waals surface area contributed by atoms with Crippen LogP contribution in [-0.4, -0.2) is 15.8 Å². The van der Waals surface area contributed by atoms with Crippen LogP contribution in [0.2, 0.25) is 0 Å². The minimum Gasteiger partial charge on any atom is -0.407 e. The highest BCUT2D eigenvalue weighted by Crippen LogP contribution is 2.26. The van der Waals surface area contributed by atoms with Gasteiger partial charge in [0.05, 0.1) is 16.4 Å². The van der Waals surface area contributed by atoms with Crippen LogP contribution >= 0.6 is 0 Å². The predicted octanol–water partition coefficient (Wildman–Crippen LogP) is 1.80. The number of rotatable bonds is 1. The number of aromatic nitrogens is 2. The second kappa shape index (κ2) is 2.85. The van der Waals surface area contributed by atoms with Crippen LogP contribution in [0, 0.1) is 0 Å². The number of fused-ring (bicyclic) bond motifs is 3. The summed E-state index contributed by atoms with van der Waals surface area (Å²) in [6.07, 6.45) is 1.62. The Hall–Kier alpha value is -2.30. The molecule has 0 unspecified atom stereocenters. The van der Waals surface area contributed by atoms with Crippen LogP contribution in [0.3, 0.4) is 0 Å². The quantitative estimate of drug-likeness (QED) is 0.609. The molecule has 0 fully saturated rings. The third-order valence-corrected chi connectivity index (χ3v) is 2.61. The summed E-state index contributed by atoms with van der Waals surface area (Å²) >= 11 is 0. The Kier molecular flexibility index (Phi) is 1.60. The average molecular weight is 216 g/mol. The number of benzene rings is 1. The van der Waals surface area contributed by atoms with Crippen LogP contribution in [-0.2, 0) is 0 Å². The molecule has 2 aromatic heterocycles. The molecule has 2 N–H and O–H groups in total. The molecule has 5 heteroatoms. The molecule has 1 aromatic carbocycles. The van der Waals surface area contributed by atoms with Gasteiger partial charge in [-0.05, 0) is 19.1 Å². The Balaban J connectivity index is 2.60. The van der Waals surface area contributed by atoms with E-state index in [1.807, 2.05) is 0 Å². The van der Waals surface area contributed by atoms with Crippen molar-refractivity contribution in [2.45, 2.75) is 6.92 Å². The van der Waals surface area contributed by atoms with Crippen molar-refractivity contribution in [3.63, 3.8) is 0 Å². The summed E-state index contributed by atoms with van der Waals surface area (Å²) in [7, 11) is 0. The molecule has 2 heterocycles. The molecule has 0 amide bonds. The van der Waals surface area contributed by atoms with Crippen LogP contribution < -0.4 is 5.76 Å². The minimum atomic E-state index is -0.516. The number of carbonyl (C=O) groups is 1. The van der Waals surface area contributed by atoms with Gasteiger partial charge in [0.25, 0.3) is 0 Å². The first-order valence-electron chi connectivity index (χ1n) is 4.80. The number of nitrogens with one attached hydrogen (secondary N) is 2. The van der Waals surface area contributed by atoms with Gasteiger partial charge in [0.2, 0.25) is 0 Å². The molecule has 0 atom stereocenters. The summed E-state index contributed by atoms with van der Waals surface area (Å²) in [5.41, 5.74) is 2.33. The van der Waals surface area contributed by atoms with E-state index in [2.05, 4.69) is 9.97 Å². The predicted molar refractivity (Wildman–Crippen MR) is 58.7 cm³/mol. The number of Topliss-reactive ketones (excluding diaryl/α,β-unsaturated/α-hetero) is 1. The number of aromatic amines is 2. The fourth-order valence-corrected chi connectivity index (χ4v) is 1.90. The van der Waals surface area contributed by atoms with Crippen molar-refractivity contribution >= 4 is 27.8 Å². The fraction of sp³-hybridized carbons (Fsp3) is 0.0909. The van der Waals surface area contributed by atoms with Gasteiger partial charge in [-0.2, -0.15) is 0 Å². The molecule has 0 saturated carbocycles. The SMILES string of the molecule is CC(=O)c1c[nH]c2ccc3[nH]c(=O)oc3c12. The van der Waals surface area contributed by atoms with Crippen LogP contribution in [0.5, 0.6) is 0 Å². The number of hydrogen-bond donors (Lipinski definition) is 2. The van der Waals surface area contributed by atoms with Gasteiger partial charge in [0.15, 0.2) is 11.4 Å². The summed E-state index contributed by atoms with van der Waals surface area (Å²) in [6, 6.07) is 3.54. The summed E-state index contributed by atoms with van der Waals surface area (Å²) in [5.74, 6) is -0.583. The molecule has 0 radical (unpaired) electrons. The van der Waals surface area contributed by atoms with Crippen molar-refractivity contribution in [3.05, 3.63) is 34.4 Å². The van der Waals surface area contributed by atoms with Crippen LogP contribution in [0.1, 0.15) is 17.3 Å². The third-order valence-electron chi connectivity index (χ3n) is 2.61. The lowest BCUT2D eigenvalue weighted by atomic mass is 10.1. The molecule has 80 valence electrons. The van der Waals surface area contributed by atoms with Crippen molar-refractivity contribution < 1.29 is 9.21 Å². The molecule has 0 aliphatic carbocycles. The molecule has 3 aromatic rings. The normalized spacial score (nSPS) is 11.3. The molecule has 5 nitrogen and oxygen atoms in total. The van der Waals surface area contributed by atoms with Crippen molar-refractivity contribution in [1.82, 2.24) is 9.97 Å². The molecule has 16 heavy (non-hydrogen) atoms. The zero-order valence-electron chi connectivity index (χ0n) is 8.46. The maximum Gasteiger partial charge on any atom is 0.417 e. The average Bonchev–Trinajstić information content (AvgIpc) is 2.77. The van der Waals surface area contributed by atoms with Crippen molar-refractivity contribution in [2.24, 2.45) is 0 Å². The van der Waals surface area contributed by atoms with E-state index in [1.54, 1.807) is 18.3 Å². The molecule has 3 rings (SSSR count). The van der Waals surface area contributed by atoms with Gasteiger partial charge < -0.3 is 9.40 Å². The summed E-state index contributed by atoms with van der Waals surface area (Å²) in [5, 5.41) is 0.656. The van der Waals surface area contributed by atoms with E-state index in [9.17, 15) is 9.59 Å². The molecule has 0 bridgehead atoms. The van der Waals surface area contributed by atoms with Gasteiger partial charge in [0.1, 0.15) is 0 Å². The van der Waals surface area contributed by atoms with E-state index in [4.69, 9.17) is 4.42 Å². The van der Waals surface area contributed by atoms with E-state index in [1.165, 1.54) is 6.92 Å². The van der Waals surface area contributed by atoms with E-state index in [0.717, 1.165) is 5.52 Å². The van der Waals surface area contributed by atoms with E-state index in [0.29, 0.717) is 22.0 Å². The molecule has 0 aliphatic heterocycles. The van der Waals surface area contributed by atoms with Crippen LogP contribution in [0.25, 0.3) is 22.0 Å². The number of carbonyl (C=O) groups excluding carboxylic acids is 1. The Bertz CT molecular complexity index is 760. The number of H-pyrrole nitrogens is 2. The Morgan fingerprint density at radius 1 is 1.31 bits per heavy atom. The standard InChI is InChI=1S/C11H8N2O3/c1-5(14)6-4-12-7-2-3-8-10(9(6)7)16-11(15)13-8/h2-4,12H,1H3,(H,13,15). The van der Waals surface area contributed by atoms with Gasteiger partial charge in [0, 0.05) is 11.8 Å². The zero-order valence-corrected chi connectivity index (χ0v) is 8.46. The second-order valence-electron chi connectivity index (χ2n) is 3.64. The summed E-state index contributed by atoms with van der Waals surface area (Å²) in [4.78, 5) is 28.1. The first-order chi connectivity index (χ1) is 7.66. The highest BCUT2D eigenvalue weighted by Gasteiger charge is 2.14. The van der Waals surface area contributed by atoms with Crippen molar-refractivity contribution in [3.8, 4) is 0 Å². The smallest absolute Gasteiger partial charge is 0.407 e. The topological polar surface area (TPSA) is 78.9 Å². The molecule has 0 aliphatic rings. The van der Waals surface area contributed by atoms with Crippen molar-refractivity contribution in [1.29, 1.82) is 0 Å². The van der Waals surface area contributed by atoms with Crippen molar-refractivity contribution in [2.75, 3.05) is 0 Å². The Morgan fingerprint density at radius 2 is 2.06 bits per heavy atom. The summed E-state index contributed by atoms with van der Waals surface area (Å²) in [6.45, 7) is 1.48. The monoisotopic (exact) mass is 216 g/mol. The first kappa shape index (κ1) is 8.96. The van der Waals surface area contributed by atoms with Gasteiger partial charge >= 0.3 is 5.76 Å². The van der Waals surface area contributed by atoms with Crippen LogP contribution in [0.4, 0.5) is 0 Å². The number of ketones is 1. The minimum absolute atomic E-state index is 0.0670. The van der Waals surface area contributed by atoms with E-state index in [-0.39, 0.29) is 5.78 Å². The second-order valence-corrected chi connectivity index (χ2v) is 3.64. The summed E-state index contributed by atoms with van der Waals surface area (Å²) < 4.78 is 5.05. The Labute approximate surface area is 89.1 Å². The molecule has 0 saturated heterocycles. The maximum atomic E-state index is 11.4. The third kappa shape index (κ3) is 1.05. The Morgan fingerprint density at radius 3 is 2.81 bits per heavy atom. The zero-order chi connectivity index (χ0) is 11.3. The lowest BCUT2D eigenvalue weighted by Crippen LogP contribution is -1.92. The maximum absolute atomic E-state index is 11.4. The number of hydrogen-bond acceptors (Lipinski definition) is 3. The fourth-order valence-electron chi connectivity index (χ4n) is 1.90. The number of oxazole rings is 1. The van der Waals surface area contributed by atoms with E-state index >= 15 is 0 Å².